The monoisotopic (exact) mass is 258 g/mol. The molecule has 2 aromatic rings. The second kappa shape index (κ2) is 4.99. The molecule has 0 spiro atoms. The quantitative estimate of drug-likeness (QED) is 0.827. The first-order valence-corrected chi connectivity index (χ1v) is 6.64. The van der Waals surface area contributed by atoms with Crippen LogP contribution in [0.25, 0.3) is 0 Å². The van der Waals surface area contributed by atoms with Crippen molar-refractivity contribution in [2.45, 2.75) is 18.9 Å². The molecule has 3 heteroatoms. The van der Waals surface area contributed by atoms with Crippen molar-refractivity contribution in [3.05, 3.63) is 59.4 Å². The van der Waals surface area contributed by atoms with Gasteiger partial charge in [0, 0.05) is 0 Å². The summed E-state index contributed by atoms with van der Waals surface area (Å²) >= 11 is 5.80. The van der Waals surface area contributed by atoms with E-state index < -0.39 is 0 Å². The standard InChI is InChI=1S/C15H15ClN2/c16-14-9-8-13(10-17-14)18-15(12-6-7-12)11-4-2-1-3-5-11/h1-5,8-10,12,15,18H,6-7H2. The Labute approximate surface area is 112 Å². The third-order valence-electron chi connectivity index (χ3n) is 3.30. The predicted octanol–water partition coefficient (Wildman–Crippen LogP) is 4.30. The van der Waals surface area contributed by atoms with Gasteiger partial charge in [-0.2, -0.15) is 0 Å². The third-order valence-corrected chi connectivity index (χ3v) is 3.53. The summed E-state index contributed by atoms with van der Waals surface area (Å²) in [5.74, 6) is 0.739. The first kappa shape index (κ1) is 11.5. The van der Waals surface area contributed by atoms with Crippen molar-refractivity contribution < 1.29 is 0 Å². The zero-order chi connectivity index (χ0) is 12.4. The Morgan fingerprint density at radius 2 is 1.89 bits per heavy atom. The van der Waals surface area contributed by atoms with E-state index in [0.717, 1.165) is 11.6 Å². The molecule has 1 heterocycles. The van der Waals surface area contributed by atoms with Gasteiger partial charge in [-0.25, -0.2) is 4.98 Å². The van der Waals surface area contributed by atoms with Gasteiger partial charge < -0.3 is 5.32 Å². The first-order chi connectivity index (χ1) is 8.83. The van der Waals surface area contributed by atoms with Crippen LogP contribution in [0, 0.1) is 5.92 Å². The summed E-state index contributed by atoms with van der Waals surface area (Å²) < 4.78 is 0. The van der Waals surface area contributed by atoms with Gasteiger partial charge in [0.2, 0.25) is 0 Å². The maximum atomic E-state index is 5.80. The van der Waals surface area contributed by atoms with E-state index in [1.165, 1.54) is 18.4 Å². The molecule has 2 nitrogen and oxygen atoms in total. The van der Waals surface area contributed by atoms with Gasteiger partial charge in [-0.05, 0) is 36.5 Å². The van der Waals surface area contributed by atoms with Crippen molar-refractivity contribution in [1.29, 1.82) is 0 Å². The van der Waals surface area contributed by atoms with Crippen LogP contribution >= 0.6 is 11.6 Å². The van der Waals surface area contributed by atoms with Crippen LogP contribution in [0.2, 0.25) is 5.15 Å². The summed E-state index contributed by atoms with van der Waals surface area (Å²) in [6.45, 7) is 0. The average molecular weight is 259 g/mol. The Bertz CT molecular complexity index is 506. The van der Waals surface area contributed by atoms with E-state index in [9.17, 15) is 0 Å². The van der Waals surface area contributed by atoms with Crippen molar-refractivity contribution in [2.75, 3.05) is 5.32 Å². The van der Waals surface area contributed by atoms with Crippen molar-refractivity contribution in [3.63, 3.8) is 0 Å². The Kier molecular flexibility index (Phi) is 3.20. The summed E-state index contributed by atoms with van der Waals surface area (Å²) in [5, 5.41) is 4.09. The molecule has 0 bridgehead atoms. The van der Waals surface area contributed by atoms with Gasteiger partial charge in [-0.15, -0.1) is 0 Å². The number of aromatic nitrogens is 1. The van der Waals surface area contributed by atoms with Gasteiger partial charge in [-0.1, -0.05) is 41.9 Å². The van der Waals surface area contributed by atoms with E-state index in [1.54, 1.807) is 6.20 Å². The van der Waals surface area contributed by atoms with Crippen molar-refractivity contribution in [2.24, 2.45) is 5.92 Å². The molecule has 1 atom stereocenters. The molecule has 3 rings (SSSR count). The van der Waals surface area contributed by atoms with Gasteiger partial charge in [0.25, 0.3) is 0 Å². The largest absolute Gasteiger partial charge is 0.377 e. The fourth-order valence-electron chi connectivity index (χ4n) is 2.20. The van der Waals surface area contributed by atoms with Crippen LogP contribution in [-0.2, 0) is 0 Å². The van der Waals surface area contributed by atoms with Gasteiger partial charge in [0.05, 0.1) is 17.9 Å². The van der Waals surface area contributed by atoms with E-state index >= 15 is 0 Å². The number of rotatable bonds is 4. The SMILES string of the molecule is Clc1ccc(NC(c2ccccc2)C2CC2)cn1. The molecule has 0 amide bonds. The summed E-state index contributed by atoms with van der Waals surface area (Å²) in [6.07, 6.45) is 4.39. The highest BCUT2D eigenvalue weighted by Crippen LogP contribution is 2.42. The lowest BCUT2D eigenvalue weighted by Crippen LogP contribution is -2.12. The Morgan fingerprint density at radius 3 is 2.50 bits per heavy atom. The number of pyridine rings is 1. The minimum Gasteiger partial charge on any atom is -0.377 e. The Balaban J connectivity index is 1.81. The number of halogens is 1. The van der Waals surface area contributed by atoms with Gasteiger partial charge in [-0.3, -0.25) is 0 Å². The number of nitrogens with zero attached hydrogens (tertiary/aromatic N) is 1. The predicted molar refractivity (Wildman–Crippen MR) is 74.8 cm³/mol. The van der Waals surface area contributed by atoms with E-state index in [2.05, 4.69) is 40.6 Å². The molecule has 0 radical (unpaired) electrons. The fraction of sp³-hybridized carbons (Fsp3) is 0.267. The average Bonchev–Trinajstić information content (AvgIpc) is 3.23. The van der Waals surface area contributed by atoms with Crippen LogP contribution in [0.15, 0.2) is 48.7 Å². The molecule has 1 aliphatic rings. The molecular weight excluding hydrogens is 244 g/mol. The second-order valence-electron chi connectivity index (χ2n) is 4.74. The lowest BCUT2D eigenvalue weighted by Gasteiger charge is -2.19. The summed E-state index contributed by atoms with van der Waals surface area (Å²) in [5.41, 5.74) is 2.37. The highest BCUT2D eigenvalue weighted by atomic mass is 35.5. The van der Waals surface area contributed by atoms with E-state index in [4.69, 9.17) is 11.6 Å². The van der Waals surface area contributed by atoms with Crippen LogP contribution in [0.3, 0.4) is 0 Å². The molecule has 1 unspecified atom stereocenters. The molecule has 1 aromatic carbocycles. The zero-order valence-electron chi connectivity index (χ0n) is 10.0. The first-order valence-electron chi connectivity index (χ1n) is 6.26. The molecule has 18 heavy (non-hydrogen) atoms. The minimum absolute atomic E-state index is 0.383. The summed E-state index contributed by atoms with van der Waals surface area (Å²) in [4.78, 5) is 4.11. The fourth-order valence-corrected chi connectivity index (χ4v) is 2.32. The number of anilines is 1. The highest BCUT2D eigenvalue weighted by molar-refractivity contribution is 6.29. The molecule has 92 valence electrons. The van der Waals surface area contributed by atoms with Crippen molar-refractivity contribution in [1.82, 2.24) is 4.98 Å². The van der Waals surface area contributed by atoms with Crippen LogP contribution in [0.5, 0.6) is 0 Å². The molecule has 1 aromatic heterocycles. The van der Waals surface area contributed by atoms with Gasteiger partial charge in [0.1, 0.15) is 5.15 Å². The molecular formula is C15H15ClN2. The topological polar surface area (TPSA) is 24.9 Å². The van der Waals surface area contributed by atoms with Crippen molar-refractivity contribution >= 4 is 17.3 Å². The lowest BCUT2D eigenvalue weighted by atomic mass is 10.0. The van der Waals surface area contributed by atoms with Crippen LogP contribution in [0.4, 0.5) is 5.69 Å². The molecule has 1 aliphatic carbocycles. The molecule has 0 saturated heterocycles. The lowest BCUT2D eigenvalue weighted by molar-refractivity contribution is 0.678. The van der Waals surface area contributed by atoms with Crippen LogP contribution < -0.4 is 5.32 Å². The van der Waals surface area contributed by atoms with E-state index in [-0.39, 0.29) is 0 Å². The maximum Gasteiger partial charge on any atom is 0.129 e. The molecule has 1 saturated carbocycles. The normalized spacial score (nSPS) is 16.3. The smallest absolute Gasteiger partial charge is 0.129 e. The van der Waals surface area contributed by atoms with Gasteiger partial charge in [0.15, 0.2) is 0 Å². The Hall–Kier alpha value is -1.54. The zero-order valence-corrected chi connectivity index (χ0v) is 10.8. The molecule has 1 N–H and O–H groups in total. The third kappa shape index (κ3) is 2.65. The Morgan fingerprint density at radius 1 is 1.11 bits per heavy atom. The molecule has 1 fully saturated rings. The highest BCUT2D eigenvalue weighted by Gasteiger charge is 2.32. The van der Waals surface area contributed by atoms with E-state index in [1.807, 2.05) is 12.1 Å². The van der Waals surface area contributed by atoms with Crippen LogP contribution in [-0.4, -0.2) is 4.98 Å². The summed E-state index contributed by atoms with van der Waals surface area (Å²) in [6, 6.07) is 14.8. The number of benzene rings is 1. The van der Waals surface area contributed by atoms with Crippen LogP contribution in [0.1, 0.15) is 24.4 Å². The number of nitrogens with one attached hydrogen (secondary N) is 1. The number of hydrogen-bond donors (Lipinski definition) is 1. The number of hydrogen-bond acceptors (Lipinski definition) is 2. The maximum absolute atomic E-state index is 5.80. The minimum atomic E-state index is 0.383. The van der Waals surface area contributed by atoms with Crippen molar-refractivity contribution in [3.8, 4) is 0 Å². The molecule has 0 aliphatic heterocycles. The van der Waals surface area contributed by atoms with E-state index in [0.29, 0.717) is 11.2 Å². The second-order valence-corrected chi connectivity index (χ2v) is 5.13. The summed E-state index contributed by atoms with van der Waals surface area (Å²) in [7, 11) is 0. The van der Waals surface area contributed by atoms with Gasteiger partial charge >= 0.3 is 0 Å².